The molecule has 2 N–H and O–H groups in total. The van der Waals surface area contributed by atoms with Crippen LogP contribution in [0.5, 0.6) is 5.75 Å². The van der Waals surface area contributed by atoms with Gasteiger partial charge in [-0.05, 0) is 31.3 Å². The van der Waals surface area contributed by atoms with E-state index >= 15 is 0 Å². The Morgan fingerprint density at radius 1 is 1.45 bits per heavy atom. The van der Waals surface area contributed by atoms with Crippen LogP contribution in [0.4, 0.5) is 5.69 Å². The van der Waals surface area contributed by atoms with Crippen LogP contribution in [0, 0.1) is 17.2 Å². The Morgan fingerprint density at radius 2 is 2.20 bits per heavy atom. The number of hydrogen-bond acceptors (Lipinski definition) is 5. The molecule has 1 fully saturated rings. The van der Waals surface area contributed by atoms with E-state index in [9.17, 15) is 4.79 Å². The first kappa shape index (κ1) is 14.3. The number of carbonyl (C=O) groups excluding carboxylic acids is 1. The Balaban J connectivity index is 1.92. The van der Waals surface area contributed by atoms with Gasteiger partial charge in [0.2, 0.25) is 5.91 Å². The number of likely N-dealkylation sites (N-methyl/N-ethyl adjacent to an activating group) is 1. The number of rotatable bonds is 5. The quantitative estimate of drug-likeness (QED) is 0.829. The Labute approximate surface area is 117 Å². The molecule has 1 aliphatic rings. The molecule has 6 nitrogen and oxygen atoms in total. The molecule has 2 atom stereocenters. The molecule has 1 saturated heterocycles. The lowest BCUT2D eigenvalue weighted by Gasteiger charge is -2.16. The second-order valence-corrected chi connectivity index (χ2v) is 4.50. The molecule has 0 bridgehead atoms. The zero-order chi connectivity index (χ0) is 14.4. The largest absolute Gasteiger partial charge is 0.479 e. The minimum atomic E-state index is -0.186. The summed E-state index contributed by atoms with van der Waals surface area (Å²) in [5, 5.41) is 14.3. The van der Waals surface area contributed by atoms with Crippen LogP contribution >= 0.6 is 0 Å². The highest BCUT2D eigenvalue weighted by atomic mass is 16.5. The minimum Gasteiger partial charge on any atom is -0.479 e. The molecule has 1 aromatic carbocycles. The predicted octanol–water partition coefficient (Wildman–Crippen LogP) is 0.762. The van der Waals surface area contributed by atoms with Gasteiger partial charge in [-0.25, -0.2) is 0 Å². The summed E-state index contributed by atoms with van der Waals surface area (Å²) in [4.78, 5) is 12.1. The summed E-state index contributed by atoms with van der Waals surface area (Å²) in [6, 6.07) is 8.87. The molecule has 1 heterocycles. The summed E-state index contributed by atoms with van der Waals surface area (Å²) in [6.45, 7) is 0.991. The van der Waals surface area contributed by atoms with Gasteiger partial charge in [0.15, 0.2) is 6.61 Å². The van der Waals surface area contributed by atoms with E-state index in [0.29, 0.717) is 24.7 Å². The molecular formula is C14H17N3O3. The van der Waals surface area contributed by atoms with Crippen LogP contribution in [-0.4, -0.2) is 38.8 Å². The van der Waals surface area contributed by atoms with Crippen molar-refractivity contribution < 1.29 is 14.3 Å². The number of benzene rings is 1. The van der Waals surface area contributed by atoms with Gasteiger partial charge in [0, 0.05) is 11.7 Å². The first-order valence-electron chi connectivity index (χ1n) is 6.40. The van der Waals surface area contributed by atoms with Gasteiger partial charge in [-0.1, -0.05) is 0 Å². The van der Waals surface area contributed by atoms with Crippen LogP contribution in [0.3, 0.4) is 0 Å². The third-order valence-electron chi connectivity index (χ3n) is 3.21. The highest BCUT2D eigenvalue weighted by molar-refractivity contribution is 5.93. The number of nitrogens with zero attached hydrogens (tertiary/aromatic N) is 1. The third-order valence-corrected chi connectivity index (χ3v) is 3.21. The fourth-order valence-corrected chi connectivity index (χ4v) is 2.08. The fraction of sp³-hybridized carbons (Fsp3) is 0.429. The maximum Gasteiger partial charge on any atom is 0.231 e. The lowest BCUT2D eigenvalue weighted by Crippen LogP contribution is -2.39. The lowest BCUT2D eigenvalue weighted by molar-refractivity contribution is -0.120. The van der Waals surface area contributed by atoms with Gasteiger partial charge in [0.1, 0.15) is 11.8 Å². The van der Waals surface area contributed by atoms with Crippen LogP contribution in [0.15, 0.2) is 24.3 Å². The van der Waals surface area contributed by atoms with Gasteiger partial charge < -0.3 is 20.1 Å². The maximum atomic E-state index is 12.1. The summed E-state index contributed by atoms with van der Waals surface area (Å²) in [5.74, 6) is 0.351. The van der Waals surface area contributed by atoms with Crippen molar-refractivity contribution in [2.75, 3.05) is 32.2 Å². The van der Waals surface area contributed by atoms with E-state index in [4.69, 9.17) is 14.7 Å². The predicted molar refractivity (Wildman–Crippen MR) is 73.3 cm³/mol. The molecular weight excluding hydrogens is 258 g/mol. The molecule has 0 saturated carbocycles. The highest BCUT2D eigenvalue weighted by Gasteiger charge is 2.32. The molecule has 1 aromatic rings. The van der Waals surface area contributed by atoms with Gasteiger partial charge in [-0.2, -0.15) is 5.26 Å². The molecule has 1 amide bonds. The summed E-state index contributed by atoms with van der Waals surface area (Å²) in [7, 11) is 1.82. The third kappa shape index (κ3) is 3.47. The van der Waals surface area contributed by atoms with Crippen molar-refractivity contribution in [1.29, 1.82) is 5.26 Å². The van der Waals surface area contributed by atoms with E-state index in [1.807, 2.05) is 13.1 Å². The number of ether oxygens (including phenoxy) is 2. The van der Waals surface area contributed by atoms with Crippen molar-refractivity contribution in [1.82, 2.24) is 5.32 Å². The monoisotopic (exact) mass is 275 g/mol. The summed E-state index contributed by atoms with van der Waals surface area (Å²) >= 11 is 0. The van der Waals surface area contributed by atoms with Gasteiger partial charge >= 0.3 is 0 Å². The number of amides is 1. The molecule has 0 spiro atoms. The van der Waals surface area contributed by atoms with E-state index in [2.05, 4.69) is 10.6 Å². The summed E-state index contributed by atoms with van der Waals surface area (Å²) < 4.78 is 10.5. The van der Waals surface area contributed by atoms with Gasteiger partial charge in [0.05, 0.1) is 19.1 Å². The minimum absolute atomic E-state index is 0.00890. The van der Waals surface area contributed by atoms with E-state index in [1.54, 1.807) is 24.3 Å². The van der Waals surface area contributed by atoms with Crippen molar-refractivity contribution >= 4 is 11.6 Å². The van der Waals surface area contributed by atoms with E-state index in [-0.39, 0.29) is 24.5 Å². The van der Waals surface area contributed by atoms with E-state index in [0.717, 1.165) is 0 Å². The summed E-state index contributed by atoms with van der Waals surface area (Å²) in [5.41, 5.74) is 0.695. The molecule has 6 heteroatoms. The van der Waals surface area contributed by atoms with Crippen molar-refractivity contribution in [3.63, 3.8) is 0 Å². The topological polar surface area (TPSA) is 83.4 Å². The van der Waals surface area contributed by atoms with Crippen molar-refractivity contribution in [3.05, 3.63) is 24.3 Å². The molecule has 1 aliphatic heterocycles. The fourth-order valence-electron chi connectivity index (χ4n) is 2.08. The highest BCUT2D eigenvalue weighted by Crippen LogP contribution is 2.19. The van der Waals surface area contributed by atoms with Crippen LogP contribution in [0.2, 0.25) is 0 Å². The zero-order valence-corrected chi connectivity index (χ0v) is 11.3. The Morgan fingerprint density at radius 3 is 2.85 bits per heavy atom. The molecule has 0 aliphatic carbocycles. The van der Waals surface area contributed by atoms with Gasteiger partial charge in [-0.15, -0.1) is 0 Å². The number of anilines is 1. The van der Waals surface area contributed by atoms with Crippen molar-refractivity contribution in [2.24, 2.45) is 5.92 Å². The van der Waals surface area contributed by atoms with Crippen LogP contribution in [0.25, 0.3) is 0 Å². The first-order valence-corrected chi connectivity index (χ1v) is 6.40. The zero-order valence-electron chi connectivity index (χ0n) is 11.3. The number of hydrogen-bond donors (Lipinski definition) is 2. The average molecular weight is 275 g/mol. The summed E-state index contributed by atoms with van der Waals surface area (Å²) in [6.07, 6.45) is 0. The SMILES string of the molecule is CNC1COCC1C(=O)Nc1ccc(OCC#N)cc1. The normalized spacial score (nSPS) is 21.2. The number of carbonyl (C=O) groups is 1. The second kappa shape index (κ2) is 6.89. The van der Waals surface area contributed by atoms with Gasteiger partial charge in [-0.3, -0.25) is 4.79 Å². The average Bonchev–Trinajstić information content (AvgIpc) is 2.95. The van der Waals surface area contributed by atoms with Crippen molar-refractivity contribution in [3.8, 4) is 11.8 Å². The Kier molecular flexibility index (Phi) is 4.93. The molecule has 0 radical (unpaired) electrons. The van der Waals surface area contributed by atoms with Gasteiger partial charge in [0.25, 0.3) is 0 Å². The van der Waals surface area contributed by atoms with E-state index in [1.165, 1.54) is 0 Å². The van der Waals surface area contributed by atoms with E-state index < -0.39 is 0 Å². The maximum absolute atomic E-state index is 12.1. The Bertz CT molecular complexity index is 495. The molecule has 2 unspecified atom stereocenters. The second-order valence-electron chi connectivity index (χ2n) is 4.50. The first-order chi connectivity index (χ1) is 9.74. The lowest BCUT2D eigenvalue weighted by atomic mass is 10.0. The standard InChI is InChI=1S/C14H17N3O3/c1-16-13-9-19-8-12(13)14(18)17-10-2-4-11(5-3-10)20-7-6-15/h2-5,12-13,16H,7-9H2,1H3,(H,17,18). The molecule has 20 heavy (non-hydrogen) atoms. The molecule has 2 rings (SSSR count). The molecule has 0 aromatic heterocycles. The van der Waals surface area contributed by atoms with Crippen LogP contribution in [-0.2, 0) is 9.53 Å². The van der Waals surface area contributed by atoms with Crippen LogP contribution in [0.1, 0.15) is 0 Å². The molecule has 106 valence electrons. The van der Waals surface area contributed by atoms with Crippen molar-refractivity contribution in [2.45, 2.75) is 6.04 Å². The number of nitriles is 1. The Hall–Kier alpha value is -2.10. The smallest absolute Gasteiger partial charge is 0.231 e. The number of nitrogens with one attached hydrogen (secondary N) is 2. The van der Waals surface area contributed by atoms with Crippen LogP contribution < -0.4 is 15.4 Å².